The molecule has 0 bridgehead atoms. The van der Waals surface area contributed by atoms with Gasteiger partial charge in [0.1, 0.15) is 0 Å². The van der Waals surface area contributed by atoms with E-state index in [2.05, 4.69) is 5.32 Å². The first-order valence-corrected chi connectivity index (χ1v) is 7.42. The summed E-state index contributed by atoms with van der Waals surface area (Å²) in [6.07, 6.45) is 0.0362. The number of carbonyl (C=O) groups excluding carboxylic acids is 2. The van der Waals surface area contributed by atoms with Gasteiger partial charge in [0.05, 0.1) is 16.8 Å². The van der Waals surface area contributed by atoms with Crippen LogP contribution in [0, 0.1) is 24.2 Å². The molecule has 2 rings (SSSR count). The first-order chi connectivity index (χ1) is 11.0. The van der Waals surface area contributed by atoms with Crippen molar-refractivity contribution in [1.82, 2.24) is 0 Å². The molecule has 0 unspecified atom stereocenters. The number of nitriles is 1. The minimum absolute atomic E-state index is 0.0362. The lowest BCUT2D eigenvalue weighted by Gasteiger charge is -2.11. The number of rotatable bonds is 5. The summed E-state index contributed by atoms with van der Waals surface area (Å²) in [6.45, 7) is 1.95. The Labute approximate surface area is 139 Å². The molecule has 0 aliphatic heterocycles. The van der Waals surface area contributed by atoms with E-state index in [4.69, 9.17) is 11.6 Å². The Kier molecular flexibility index (Phi) is 5.51. The number of ketones is 1. The second-order valence-electron chi connectivity index (χ2n) is 5.16. The van der Waals surface area contributed by atoms with Gasteiger partial charge in [0.2, 0.25) is 5.91 Å². The Hall–Kier alpha value is -2.64. The molecule has 0 aliphatic rings. The average Bonchev–Trinajstić information content (AvgIpc) is 2.52. The minimum Gasteiger partial charge on any atom is -0.323 e. The van der Waals surface area contributed by atoms with Crippen LogP contribution in [0.3, 0.4) is 0 Å². The van der Waals surface area contributed by atoms with Crippen molar-refractivity contribution in [3.63, 3.8) is 0 Å². The van der Waals surface area contributed by atoms with Gasteiger partial charge in [0, 0.05) is 6.42 Å². The summed E-state index contributed by atoms with van der Waals surface area (Å²) in [5.74, 6) is -2.48. The van der Waals surface area contributed by atoms with Crippen molar-refractivity contribution in [2.45, 2.75) is 13.3 Å². The summed E-state index contributed by atoms with van der Waals surface area (Å²) in [5, 5.41) is 12.0. The fourth-order valence-corrected chi connectivity index (χ4v) is 2.24. The lowest BCUT2D eigenvalue weighted by Crippen LogP contribution is -2.29. The van der Waals surface area contributed by atoms with Crippen molar-refractivity contribution in [2.75, 3.05) is 5.32 Å². The number of aryl methyl sites for hydroxylation is 1. The lowest BCUT2D eigenvalue weighted by molar-refractivity contribution is -0.128. The second-order valence-corrected chi connectivity index (χ2v) is 5.57. The van der Waals surface area contributed by atoms with Gasteiger partial charge in [-0.05, 0) is 24.6 Å². The Bertz CT molecular complexity index is 763. The predicted octanol–water partition coefficient (Wildman–Crippen LogP) is 3.54. The van der Waals surface area contributed by atoms with Crippen LogP contribution in [0.4, 0.5) is 5.69 Å². The molecular formula is C18H15ClN2O2. The fraction of sp³-hybridized carbons (Fsp3) is 0.167. The molecule has 116 valence electrons. The molecule has 1 N–H and O–H groups in total. The van der Waals surface area contributed by atoms with Gasteiger partial charge in [-0.2, -0.15) is 5.26 Å². The van der Waals surface area contributed by atoms with Crippen LogP contribution in [0.1, 0.15) is 11.1 Å². The highest BCUT2D eigenvalue weighted by Gasteiger charge is 2.26. The van der Waals surface area contributed by atoms with Crippen LogP contribution in [0.2, 0.25) is 5.02 Å². The Morgan fingerprint density at radius 2 is 1.83 bits per heavy atom. The summed E-state index contributed by atoms with van der Waals surface area (Å²) in [4.78, 5) is 24.4. The van der Waals surface area contributed by atoms with E-state index >= 15 is 0 Å². The molecule has 0 spiro atoms. The molecule has 0 aliphatic carbocycles. The first kappa shape index (κ1) is 16.7. The highest BCUT2D eigenvalue weighted by Crippen LogP contribution is 2.21. The third-order valence-corrected chi connectivity index (χ3v) is 3.67. The highest BCUT2D eigenvalue weighted by molar-refractivity contribution is 6.33. The zero-order valence-electron chi connectivity index (χ0n) is 12.5. The molecular weight excluding hydrogens is 312 g/mol. The smallest absolute Gasteiger partial charge is 0.249 e. The largest absolute Gasteiger partial charge is 0.323 e. The van der Waals surface area contributed by atoms with Crippen molar-refractivity contribution in [3.8, 4) is 6.07 Å². The summed E-state index contributed by atoms with van der Waals surface area (Å²) in [7, 11) is 0. The zero-order chi connectivity index (χ0) is 16.8. The summed E-state index contributed by atoms with van der Waals surface area (Å²) in [5.41, 5.74) is 2.23. The van der Waals surface area contributed by atoms with E-state index in [1.807, 2.05) is 31.2 Å². The Morgan fingerprint density at radius 1 is 1.17 bits per heavy atom. The summed E-state index contributed by atoms with van der Waals surface area (Å²) in [6, 6.07) is 15.8. The number of anilines is 1. The second kappa shape index (κ2) is 7.57. The number of hydrogen-bond acceptors (Lipinski definition) is 3. The standard InChI is InChI=1S/C18H15ClN2O2/c1-12-6-8-13(9-7-12)10-17(22)14(11-20)18(23)21-16-5-3-2-4-15(16)19/h2-9,14H,10H2,1H3,(H,21,23)/t14-/m1/s1. The van der Waals surface area contributed by atoms with Gasteiger partial charge in [0.15, 0.2) is 11.7 Å². The van der Waals surface area contributed by atoms with Crippen LogP contribution < -0.4 is 5.32 Å². The van der Waals surface area contributed by atoms with E-state index in [-0.39, 0.29) is 6.42 Å². The maximum atomic E-state index is 12.2. The molecule has 0 aromatic heterocycles. The Morgan fingerprint density at radius 3 is 2.43 bits per heavy atom. The molecule has 0 saturated carbocycles. The van der Waals surface area contributed by atoms with E-state index < -0.39 is 17.6 Å². The molecule has 2 aromatic carbocycles. The van der Waals surface area contributed by atoms with Crippen molar-refractivity contribution in [2.24, 2.45) is 5.92 Å². The molecule has 0 fully saturated rings. The molecule has 5 heteroatoms. The number of Topliss-reactive ketones (excluding diaryl/α,β-unsaturated/α-hetero) is 1. The number of nitrogens with one attached hydrogen (secondary N) is 1. The van der Waals surface area contributed by atoms with Gasteiger partial charge in [-0.15, -0.1) is 0 Å². The molecule has 4 nitrogen and oxygen atoms in total. The van der Waals surface area contributed by atoms with Crippen LogP contribution in [-0.4, -0.2) is 11.7 Å². The monoisotopic (exact) mass is 326 g/mol. The van der Waals surface area contributed by atoms with Crippen molar-refractivity contribution in [1.29, 1.82) is 5.26 Å². The van der Waals surface area contributed by atoms with Crippen molar-refractivity contribution < 1.29 is 9.59 Å². The molecule has 23 heavy (non-hydrogen) atoms. The number of benzene rings is 2. The van der Waals surface area contributed by atoms with E-state index in [1.165, 1.54) is 0 Å². The molecule has 1 atom stereocenters. The molecule has 2 aromatic rings. The van der Waals surface area contributed by atoms with Crippen LogP contribution in [0.25, 0.3) is 0 Å². The van der Waals surface area contributed by atoms with Crippen molar-refractivity contribution >= 4 is 29.0 Å². The van der Waals surface area contributed by atoms with E-state index in [0.717, 1.165) is 11.1 Å². The maximum Gasteiger partial charge on any atom is 0.249 e. The first-order valence-electron chi connectivity index (χ1n) is 7.04. The predicted molar refractivity (Wildman–Crippen MR) is 89.1 cm³/mol. The van der Waals surface area contributed by atoms with E-state index in [9.17, 15) is 14.9 Å². The summed E-state index contributed by atoms with van der Waals surface area (Å²) >= 11 is 5.96. The van der Waals surface area contributed by atoms with Gasteiger partial charge >= 0.3 is 0 Å². The number of halogens is 1. The topological polar surface area (TPSA) is 70.0 Å². The molecule has 0 heterocycles. The molecule has 1 amide bonds. The van der Waals surface area contributed by atoms with E-state index in [1.54, 1.807) is 30.3 Å². The third kappa shape index (κ3) is 4.41. The Balaban J connectivity index is 2.08. The maximum absolute atomic E-state index is 12.2. The third-order valence-electron chi connectivity index (χ3n) is 3.34. The van der Waals surface area contributed by atoms with Crippen molar-refractivity contribution in [3.05, 3.63) is 64.7 Å². The zero-order valence-corrected chi connectivity index (χ0v) is 13.3. The fourth-order valence-electron chi connectivity index (χ4n) is 2.05. The van der Waals surface area contributed by atoms with Gasteiger partial charge in [-0.1, -0.05) is 53.6 Å². The van der Waals surface area contributed by atoms with Gasteiger partial charge in [-0.25, -0.2) is 0 Å². The number of nitrogens with zero attached hydrogens (tertiary/aromatic N) is 1. The van der Waals surface area contributed by atoms with Gasteiger partial charge in [-0.3, -0.25) is 9.59 Å². The molecule has 0 saturated heterocycles. The van der Waals surface area contributed by atoms with E-state index in [0.29, 0.717) is 10.7 Å². The number of para-hydroxylation sites is 1. The number of amides is 1. The highest BCUT2D eigenvalue weighted by atomic mass is 35.5. The molecule has 0 radical (unpaired) electrons. The van der Waals surface area contributed by atoms with Gasteiger partial charge in [0.25, 0.3) is 0 Å². The van der Waals surface area contributed by atoms with Crippen LogP contribution >= 0.6 is 11.6 Å². The quantitative estimate of drug-likeness (QED) is 0.854. The summed E-state index contributed by atoms with van der Waals surface area (Å²) < 4.78 is 0. The SMILES string of the molecule is Cc1ccc(CC(=O)[C@@H](C#N)C(=O)Nc2ccccc2Cl)cc1. The van der Waals surface area contributed by atoms with Gasteiger partial charge < -0.3 is 5.32 Å². The van der Waals surface area contributed by atoms with Crippen LogP contribution in [0.15, 0.2) is 48.5 Å². The van der Waals surface area contributed by atoms with Crippen LogP contribution in [0.5, 0.6) is 0 Å². The van der Waals surface area contributed by atoms with Crippen LogP contribution in [-0.2, 0) is 16.0 Å². The minimum atomic E-state index is -1.37. The lowest BCUT2D eigenvalue weighted by atomic mass is 9.97. The average molecular weight is 327 g/mol. The number of carbonyl (C=O) groups is 2. The number of hydrogen-bond donors (Lipinski definition) is 1. The normalized spacial score (nSPS) is 11.3.